The number of halogens is 1. The minimum atomic E-state index is -0.267. The summed E-state index contributed by atoms with van der Waals surface area (Å²) in [6.07, 6.45) is 0. The maximum Gasteiger partial charge on any atom is 0.196 e. The molecule has 188 valence electrons. The van der Waals surface area contributed by atoms with Crippen LogP contribution in [0.25, 0.3) is 16.5 Å². The van der Waals surface area contributed by atoms with E-state index in [1.807, 2.05) is 12.1 Å². The molecule has 0 amide bonds. The number of thioether (sulfide) groups is 1. The summed E-state index contributed by atoms with van der Waals surface area (Å²) in [6.45, 7) is 8.57. The zero-order valence-electron chi connectivity index (χ0n) is 21.7. The normalized spacial score (nSPS) is 12.2. The molecule has 5 rings (SSSR count). The second-order valence-electron chi connectivity index (χ2n) is 9.51. The van der Waals surface area contributed by atoms with Crippen LogP contribution in [-0.2, 0) is 5.75 Å². The van der Waals surface area contributed by atoms with Gasteiger partial charge in [0.05, 0.1) is 7.11 Å². The Bertz CT molecular complexity index is 1550. The first-order chi connectivity index (χ1) is 17.8. The van der Waals surface area contributed by atoms with Gasteiger partial charge in [-0.25, -0.2) is 4.39 Å². The van der Waals surface area contributed by atoms with Gasteiger partial charge in [0.15, 0.2) is 5.16 Å². The molecule has 4 aromatic carbocycles. The number of aryl methyl sites for hydroxylation is 3. The van der Waals surface area contributed by atoms with Gasteiger partial charge in [0.25, 0.3) is 0 Å². The fraction of sp³-hybridized carbons (Fsp3) is 0.226. The molecule has 0 unspecified atom stereocenters. The molecule has 1 heterocycles. The number of ether oxygens (including phenoxy) is 1. The van der Waals surface area contributed by atoms with E-state index in [1.165, 1.54) is 34.4 Å². The number of aromatic nitrogens is 3. The molecule has 5 aromatic rings. The average molecular weight is 512 g/mol. The van der Waals surface area contributed by atoms with Crippen molar-refractivity contribution in [3.05, 3.63) is 112 Å². The van der Waals surface area contributed by atoms with Gasteiger partial charge in [0, 0.05) is 17.4 Å². The van der Waals surface area contributed by atoms with Crippen LogP contribution in [0.1, 0.15) is 46.5 Å². The van der Waals surface area contributed by atoms with E-state index in [-0.39, 0.29) is 11.7 Å². The number of rotatable bonds is 7. The number of benzene rings is 4. The van der Waals surface area contributed by atoms with E-state index in [0.717, 1.165) is 44.5 Å². The third-order valence-corrected chi connectivity index (χ3v) is 7.84. The fourth-order valence-corrected chi connectivity index (χ4v) is 6.01. The first kappa shape index (κ1) is 25.0. The van der Waals surface area contributed by atoms with Crippen LogP contribution in [0.4, 0.5) is 4.39 Å². The lowest BCUT2D eigenvalue weighted by Gasteiger charge is -2.17. The molecule has 6 heteroatoms. The van der Waals surface area contributed by atoms with E-state index in [2.05, 4.69) is 78.9 Å². The van der Waals surface area contributed by atoms with Crippen molar-refractivity contribution < 1.29 is 9.13 Å². The summed E-state index contributed by atoms with van der Waals surface area (Å²) in [6, 6.07) is 23.5. The summed E-state index contributed by atoms with van der Waals surface area (Å²) >= 11 is 1.66. The quantitative estimate of drug-likeness (QED) is 0.208. The van der Waals surface area contributed by atoms with Crippen molar-refractivity contribution in [3.8, 4) is 11.4 Å². The molecule has 0 aliphatic rings. The number of hydrogen-bond donors (Lipinski definition) is 0. The second-order valence-corrected chi connectivity index (χ2v) is 10.5. The van der Waals surface area contributed by atoms with Gasteiger partial charge in [-0.2, -0.15) is 0 Å². The summed E-state index contributed by atoms with van der Waals surface area (Å²) in [5.41, 5.74) is 7.11. The Morgan fingerprint density at radius 1 is 0.865 bits per heavy atom. The highest BCUT2D eigenvalue weighted by Crippen LogP contribution is 2.33. The highest BCUT2D eigenvalue weighted by molar-refractivity contribution is 7.98. The summed E-state index contributed by atoms with van der Waals surface area (Å²) in [7, 11) is 1.68. The molecule has 0 N–H and O–H groups in total. The van der Waals surface area contributed by atoms with E-state index in [1.54, 1.807) is 31.0 Å². The van der Waals surface area contributed by atoms with Gasteiger partial charge in [-0.1, -0.05) is 60.6 Å². The van der Waals surface area contributed by atoms with Gasteiger partial charge in [-0.05, 0) is 90.2 Å². The lowest BCUT2D eigenvalue weighted by atomic mass is 9.97. The SMILES string of the molecule is COc1ccc2cc([C@H](C)c3nnc(SCc4c(C)cc(C)cc4C)n3-c3ccc(F)cc3)ccc2c1. The van der Waals surface area contributed by atoms with Crippen LogP contribution in [0.3, 0.4) is 0 Å². The van der Waals surface area contributed by atoms with Crippen molar-refractivity contribution in [2.45, 2.75) is 44.5 Å². The first-order valence-electron chi connectivity index (χ1n) is 12.3. The van der Waals surface area contributed by atoms with E-state index in [9.17, 15) is 4.39 Å². The van der Waals surface area contributed by atoms with Crippen molar-refractivity contribution in [2.24, 2.45) is 0 Å². The van der Waals surface area contributed by atoms with Gasteiger partial charge >= 0.3 is 0 Å². The Hall–Kier alpha value is -3.64. The Labute approximate surface area is 221 Å². The maximum absolute atomic E-state index is 13.8. The largest absolute Gasteiger partial charge is 0.497 e. The van der Waals surface area contributed by atoms with Gasteiger partial charge in [0.1, 0.15) is 17.4 Å². The topological polar surface area (TPSA) is 39.9 Å². The van der Waals surface area contributed by atoms with Gasteiger partial charge < -0.3 is 4.74 Å². The van der Waals surface area contributed by atoms with E-state index in [4.69, 9.17) is 4.74 Å². The Morgan fingerprint density at radius 2 is 1.54 bits per heavy atom. The van der Waals surface area contributed by atoms with Crippen molar-refractivity contribution in [1.82, 2.24) is 14.8 Å². The summed E-state index contributed by atoms with van der Waals surface area (Å²) in [4.78, 5) is 0. The summed E-state index contributed by atoms with van der Waals surface area (Å²) < 4.78 is 21.2. The summed E-state index contributed by atoms with van der Waals surface area (Å²) in [5.74, 6) is 2.14. The van der Waals surface area contributed by atoms with Crippen LogP contribution in [0.5, 0.6) is 5.75 Å². The molecular weight excluding hydrogens is 481 g/mol. The number of fused-ring (bicyclic) bond motifs is 1. The molecule has 1 atom stereocenters. The molecule has 0 spiro atoms. The molecule has 0 saturated carbocycles. The molecule has 4 nitrogen and oxygen atoms in total. The molecule has 0 aliphatic heterocycles. The van der Waals surface area contributed by atoms with Crippen LogP contribution in [0.15, 0.2) is 78.0 Å². The van der Waals surface area contributed by atoms with Crippen molar-refractivity contribution in [1.29, 1.82) is 0 Å². The third kappa shape index (κ3) is 5.12. The molecule has 0 fully saturated rings. The standard InChI is InChI=1S/C31H30FN3OS/c1-19-14-20(2)29(21(3)15-19)18-37-31-34-33-30(35(31)27-11-9-26(32)10-12-27)22(4)23-6-7-25-17-28(36-5)13-8-24(25)16-23/h6-17,22H,18H2,1-5H3/t22-/m0/s1. The van der Waals surface area contributed by atoms with Crippen LogP contribution in [-0.4, -0.2) is 21.9 Å². The maximum atomic E-state index is 13.8. The monoisotopic (exact) mass is 511 g/mol. The number of nitrogens with zero attached hydrogens (tertiary/aromatic N) is 3. The van der Waals surface area contributed by atoms with Crippen LogP contribution < -0.4 is 4.74 Å². The van der Waals surface area contributed by atoms with Gasteiger partial charge in [0.2, 0.25) is 0 Å². The zero-order valence-corrected chi connectivity index (χ0v) is 22.6. The smallest absolute Gasteiger partial charge is 0.196 e. The highest BCUT2D eigenvalue weighted by atomic mass is 32.2. The molecule has 0 saturated heterocycles. The third-order valence-electron chi connectivity index (χ3n) is 6.89. The fourth-order valence-electron chi connectivity index (χ4n) is 4.85. The minimum absolute atomic E-state index is 0.0266. The summed E-state index contributed by atoms with van der Waals surface area (Å²) in [5, 5.41) is 12.3. The lowest BCUT2D eigenvalue weighted by molar-refractivity contribution is 0.415. The lowest BCUT2D eigenvalue weighted by Crippen LogP contribution is -2.08. The zero-order chi connectivity index (χ0) is 26.1. The minimum Gasteiger partial charge on any atom is -0.497 e. The second kappa shape index (κ2) is 10.4. The van der Waals surface area contributed by atoms with Gasteiger partial charge in [-0.15, -0.1) is 10.2 Å². The van der Waals surface area contributed by atoms with Crippen molar-refractivity contribution >= 4 is 22.5 Å². The average Bonchev–Trinajstić information content (AvgIpc) is 3.31. The van der Waals surface area contributed by atoms with Crippen molar-refractivity contribution in [2.75, 3.05) is 7.11 Å². The van der Waals surface area contributed by atoms with E-state index >= 15 is 0 Å². The Balaban J connectivity index is 1.53. The first-order valence-corrected chi connectivity index (χ1v) is 13.3. The van der Waals surface area contributed by atoms with E-state index in [0.29, 0.717) is 0 Å². The molecule has 0 aliphatic carbocycles. The Morgan fingerprint density at radius 3 is 2.24 bits per heavy atom. The number of methoxy groups -OCH3 is 1. The van der Waals surface area contributed by atoms with Crippen LogP contribution in [0, 0.1) is 26.6 Å². The number of hydrogen-bond acceptors (Lipinski definition) is 4. The molecule has 1 aromatic heterocycles. The van der Waals surface area contributed by atoms with Crippen LogP contribution in [0.2, 0.25) is 0 Å². The predicted molar refractivity (Wildman–Crippen MR) is 150 cm³/mol. The molecule has 0 bridgehead atoms. The van der Waals surface area contributed by atoms with Crippen LogP contribution >= 0.6 is 11.8 Å². The Kier molecular flexibility index (Phi) is 7.02. The highest BCUT2D eigenvalue weighted by Gasteiger charge is 2.22. The molecule has 37 heavy (non-hydrogen) atoms. The van der Waals surface area contributed by atoms with Crippen molar-refractivity contribution in [3.63, 3.8) is 0 Å². The van der Waals surface area contributed by atoms with Gasteiger partial charge in [-0.3, -0.25) is 4.57 Å². The molecular formula is C31H30FN3OS. The predicted octanol–water partition coefficient (Wildman–Crippen LogP) is 7.94. The van der Waals surface area contributed by atoms with E-state index < -0.39 is 0 Å². The molecule has 0 radical (unpaired) electrons.